The summed E-state index contributed by atoms with van der Waals surface area (Å²) < 4.78 is 1.69. The number of benzene rings is 1. The number of carbonyl (C=O) groups is 2. The van der Waals surface area contributed by atoms with E-state index in [0.29, 0.717) is 19.4 Å². The molecule has 126 valence electrons. The number of hydrogen-bond acceptors (Lipinski definition) is 4. The fourth-order valence-corrected chi connectivity index (χ4v) is 2.89. The summed E-state index contributed by atoms with van der Waals surface area (Å²) in [6.07, 6.45) is 4.18. The molecule has 0 radical (unpaired) electrons. The molecule has 7 heteroatoms. The first-order valence-corrected chi connectivity index (χ1v) is 8.04. The van der Waals surface area contributed by atoms with Crippen molar-refractivity contribution in [2.24, 2.45) is 5.92 Å². The van der Waals surface area contributed by atoms with E-state index in [1.165, 1.54) is 6.33 Å². The van der Waals surface area contributed by atoms with Gasteiger partial charge < -0.3 is 10.2 Å². The van der Waals surface area contributed by atoms with Crippen LogP contribution in [0.5, 0.6) is 0 Å². The van der Waals surface area contributed by atoms with Crippen LogP contribution >= 0.6 is 0 Å². The van der Waals surface area contributed by atoms with Crippen LogP contribution in [0, 0.1) is 5.92 Å². The zero-order valence-corrected chi connectivity index (χ0v) is 13.8. The highest BCUT2D eigenvalue weighted by atomic mass is 16.2. The van der Waals surface area contributed by atoms with Gasteiger partial charge in [0.2, 0.25) is 11.8 Å². The van der Waals surface area contributed by atoms with Gasteiger partial charge in [-0.2, -0.15) is 5.10 Å². The molecule has 1 aromatic carbocycles. The fourth-order valence-electron chi connectivity index (χ4n) is 2.89. The molecule has 0 aliphatic carbocycles. The molecular formula is C17H21N5O2. The van der Waals surface area contributed by atoms with Gasteiger partial charge in [-0.15, -0.1) is 0 Å². The third kappa shape index (κ3) is 3.29. The lowest BCUT2D eigenvalue weighted by Crippen LogP contribution is -2.44. The monoisotopic (exact) mass is 327 g/mol. The Kier molecular flexibility index (Phi) is 4.59. The largest absolute Gasteiger partial charge is 0.355 e. The Balaban J connectivity index is 1.67. The van der Waals surface area contributed by atoms with Crippen molar-refractivity contribution in [1.29, 1.82) is 0 Å². The third-order valence-corrected chi connectivity index (χ3v) is 4.60. The van der Waals surface area contributed by atoms with Crippen molar-refractivity contribution in [3.63, 3.8) is 0 Å². The van der Waals surface area contributed by atoms with E-state index in [0.717, 1.165) is 11.3 Å². The maximum atomic E-state index is 12.6. The molecule has 1 fully saturated rings. The summed E-state index contributed by atoms with van der Waals surface area (Å²) in [6, 6.07) is 7.86. The van der Waals surface area contributed by atoms with Crippen LogP contribution in [0.2, 0.25) is 0 Å². The Morgan fingerprint density at radius 1 is 1.38 bits per heavy atom. The van der Waals surface area contributed by atoms with Gasteiger partial charge in [0.05, 0.1) is 17.6 Å². The lowest BCUT2D eigenvalue weighted by Gasteiger charge is -2.31. The minimum Gasteiger partial charge on any atom is -0.355 e. The van der Waals surface area contributed by atoms with Gasteiger partial charge in [-0.3, -0.25) is 9.59 Å². The Morgan fingerprint density at radius 2 is 2.12 bits per heavy atom. The fraction of sp³-hybridized carbons (Fsp3) is 0.412. The summed E-state index contributed by atoms with van der Waals surface area (Å²) in [6.45, 7) is 2.43. The summed E-state index contributed by atoms with van der Waals surface area (Å²) >= 11 is 0. The first-order valence-electron chi connectivity index (χ1n) is 8.04. The molecule has 2 heterocycles. The van der Waals surface area contributed by atoms with Crippen molar-refractivity contribution in [1.82, 2.24) is 25.0 Å². The third-order valence-electron chi connectivity index (χ3n) is 4.60. The average molecular weight is 327 g/mol. The van der Waals surface area contributed by atoms with E-state index in [2.05, 4.69) is 15.4 Å². The molecule has 1 N–H and O–H groups in total. The van der Waals surface area contributed by atoms with E-state index >= 15 is 0 Å². The highest BCUT2D eigenvalue weighted by molar-refractivity contribution is 5.83. The summed E-state index contributed by atoms with van der Waals surface area (Å²) in [5.41, 5.74) is 1.97. The standard InChI is InChI=1S/C17H21N5O2/c1-12(21(2)17(24)14-5-8-16(23)19-9-14)13-3-6-15(7-4-13)22-11-18-10-20-22/h3-4,6-7,10-12,14H,5,8-9H2,1-2H3,(H,19,23). The first kappa shape index (κ1) is 16.2. The van der Waals surface area contributed by atoms with Crippen molar-refractivity contribution in [3.8, 4) is 5.69 Å². The molecular weight excluding hydrogens is 306 g/mol. The maximum absolute atomic E-state index is 12.6. The van der Waals surface area contributed by atoms with Gasteiger partial charge in [0.15, 0.2) is 0 Å². The molecule has 1 aliphatic heterocycles. The molecule has 2 unspecified atom stereocenters. The van der Waals surface area contributed by atoms with Gasteiger partial charge in [-0.25, -0.2) is 9.67 Å². The van der Waals surface area contributed by atoms with Gasteiger partial charge in [0, 0.05) is 20.0 Å². The predicted molar refractivity (Wildman–Crippen MR) is 88.3 cm³/mol. The van der Waals surface area contributed by atoms with Crippen LogP contribution in [-0.2, 0) is 9.59 Å². The van der Waals surface area contributed by atoms with Gasteiger partial charge in [0.1, 0.15) is 12.7 Å². The van der Waals surface area contributed by atoms with Gasteiger partial charge in [-0.1, -0.05) is 12.1 Å². The van der Waals surface area contributed by atoms with Crippen LogP contribution in [0.25, 0.3) is 5.69 Å². The lowest BCUT2D eigenvalue weighted by atomic mass is 9.96. The SMILES string of the molecule is CC(c1ccc(-n2cncn2)cc1)N(C)C(=O)C1CCC(=O)NC1. The summed E-state index contributed by atoms with van der Waals surface area (Å²) in [5, 5.41) is 6.87. The number of nitrogens with one attached hydrogen (secondary N) is 1. The molecule has 0 spiro atoms. The number of aromatic nitrogens is 3. The maximum Gasteiger partial charge on any atom is 0.227 e. The number of amides is 2. The van der Waals surface area contributed by atoms with Crippen molar-refractivity contribution >= 4 is 11.8 Å². The molecule has 24 heavy (non-hydrogen) atoms. The summed E-state index contributed by atoms with van der Waals surface area (Å²) in [4.78, 5) is 29.6. The number of rotatable bonds is 4. The van der Waals surface area contributed by atoms with E-state index in [1.807, 2.05) is 38.2 Å². The second kappa shape index (κ2) is 6.82. The lowest BCUT2D eigenvalue weighted by molar-refractivity contribution is -0.138. The topological polar surface area (TPSA) is 80.1 Å². The molecule has 1 aromatic heterocycles. The molecule has 2 amide bonds. The van der Waals surface area contributed by atoms with E-state index < -0.39 is 0 Å². The van der Waals surface area contributed by atoms with Crippen molar-refractivity contribution < 1.29 is 9.59 Å². The Labute approximate surface area is 140 Å². The van der Waals surface area contributed by atoms with Gasteiger partial charge in [-0.05, 0) is 31.0 Å². The van der Waals surface area contributed by atoms with Crippen molar-refractivity contribution in [3.05, 3.63) is 42.5 Å². The van der Waals surface area contributed by atoms with Crippen LogP contribution in [0.1, 0.15) is 31.4 Å². The minimum absolute atomic E-state index is 0.0263. The van der Waals surface area contributed by atoms with Gasteiger partial charge >= 0.3 is 0 Å². The van der Waals surface area contributed by atoms with E-state index in [-0.39, 0.29) is 23.8 Å². The smallest absolute Gasteiger partial charge is 0.227 e. The average Bonchev–Trinajstić information content (AvgIpc) is 3.15. The van der Waals surface area contributed by atoms with Crippen molar-refractivity contribution in [2.45, 2.75) is 25.8 Å². The van der Waals surface area contributed by atoms with Crippen LogP contribution < -0.4 is 5.32 Å². The van der Waals surface area contributed by atoms with Crippen LogP contribution in [0.15, 0.2) is 36.9 Å². The van der Waals surface area contributed by atoms with E-state index in [4.69, 9.17) is 0 Å². The van der Waals surface area contributed by atoms with E-state index in [1.54, 1.807) is 15.9 Å². The normalized spacial score (nSPS) is 18.8. The molecule has 2 aromatic rings. The highest BCUT2D eigenvalue weighted by Crippen LogP contribution is 2.23. The summed E-state index contributed by atoms with van der Waals surface area (Å²) in [5.74, 6) is -0.0362. The molecule has 1 aliphatic rings. The quantitative estimate of drug-likeness (QED) is 0.918. The zero-order chi connectivity index (χ0) is 17.1. The van der Waals surface area contributed by atoms with Crippen LogP contribution in [-0.4, -0.2) is 45.1 Å². The number of hydrogen-bond donors (Lipinski definition) is 1. The molecule has 7 nitrogen and oxygen atoms in total. The number of piperidine rings is 1. The summed E-state index contributed by atoms with van der Waals surface area (Å²) in [7, 11) is 1.81. The second-order valence-corrected chi connectivity index (χ2v) is 6.10. The number of carbonyl (C=O) groups excluding carboxylic acids is 2. The molecule has 3 rings (SSSR count). The second-order valence-electron chi connectivity index (χ2n) is 6.10. The van der Waals surface area contributed by atoms with Crippen LogP contribution in [0.4, 0.5) is 0 Å². The molecule has 0 saturated carbocycles. The highest BCUT2D eigenvalue weighted by Gasteiger charge is 2.29. The predicted octanol–water partition coefficient (Wildman–Crippen LogP) is 1.31. The van der Waals surface area contributed by atoms with Crippen molar-refractivity contribution in [2.75, 3.05) is 13.6 Å². The Hall–Kier alpha value is -2.70. The van der Waals surface area contributed by atoms with E-state index in [9.17, 15) is 9.59 Å². The zero-order valence-electron chi connectivity index (χ0n) is 13.8. The first-order chi connectivity index (χ1) is 11.6. The number of nitrogens with zero attached hydrogens (tertiary/aromatic N) is 4. The van der Waals surface area contributed by atoms with Crippen LogP contribution in [0.3, 0.4) is 0 Å². The minimum atomic E-state index is -0.135. The Morgan fingerprint density at radius 3 is 2.71 bits per heavy atom. The molecule has 1 saturated heterocycles. The molecule has 0 bridgehead atoms. The van der Waals surface area contributed by atoms with Gasteiger partial charge in [0.25, 0.3) is 0 Å². The Bertz CT molecular complexity index is 701. The molecule has 2 atom stereocenters.